The molecule has 0 bridgehead atoms. The molecule has 62 valence electrons. The Morgan fingerprint density at radius 3 is 2.73 bits per heavy atom. The highest BCUT2D eigenvalue weighted by molar-refractivity contribution is 5.76. The fourth-order valence-corrected chi connectivity index (χ4v) is 1.02. The van der Waals surface area contributed by atoms with Gasteiger partial charge in [-0.1, -0.05) is 6.08 Å². The van der Waals surface area contributed by atoms with Gasteiger partial charge in [0, 0.05) is 20.3 Å². The van der Waals surface area contributed by atoms with Gasteiger partial charge in [0.2, 0.25) is 5.79 Å². The van der Waals surface area contributed by atoms with Crippen LogP contribution in [0, 0.1) is 0 Å². The van der Waals surface area contributed by atoms with Gasteiger partial charge in [0.25, 0.3) is 0 Å². The Bertz CT molecular complexity index is 184. The van der Waals surface area contributed by atoms with Crippen molar-refractivity contribution in [3.05, 3.63) is 12.7 Å². The minimum atomic E-state index is -0.759. The lowest BCUT2D eigenvalue weighted by Gasteiger charge is -2.14. The quantitative estimate of drug-likeness (QED) is 0.445. The first-order chi connectivity index (χ1) is 5.05. The Balaban J connectivity index is 2.59. The zero-order valence-corrected chi connectivity index (χ0v) is 6.79. The Hall–Kier alpha value is -0.830. The summed E-state index contributed by atoms with van der Waals surface area (Å²) in [5, 5.41) is 0. The van der Waals surface area contributed by atoms with Gasteiger partial charge in [-0.05, 0) is 0 Å². The van der Waals surface area contributed by atoms with Crippen molar-refractivity contribution in [2.45, 2.75) is 32.2 Å². The van der Waals surface area contributed by atoms with Gasteiger partial charge in [0.15, 0.2) is 6.10 Å². The minimum Gasteiger partial charge on any atom is -0.432 e. The molecular weight excluding hydrogens is 144 g/mol. The van der Waals surface area contributed by atoms with Crippen molar-refractivity contribution < 1.29 is 14.3 Å². The molecule has 11 heavy (non-hydrogen) atoms. The maximum Gasteiger partial charge on any atom is 0.338 e. The van der Waals surface area contributed by atoms with E-state index in [0.717, 1.165) is 0 Å². The number of cyclic esters (lactones) is 1. The predicted octanol–water partition coefficient (Wildman–Crippen LogP) is 1.24. The van der Waals surface area contributed by atoms with Crippen molar-refractivity contribution in [3.63, 3.8) is 0 Å². The number of esters is 1. The summed E-state index contributed by atoms with van der Waals surface area (Å²) in [6.07, 6.45) is 1.71. The molecule has 0 aliphatic carbocycles. The van der Waals surface area contributed by atoms with Crippen molar-refractivity contribution in [2.75, 3.05) is 0 Å². The van der Waals surface area contributed by atoms with E-state index in [2.05, 4.69) is 6.58 Å². The van der Waals surface area contributed by atoms with Crippen LogP contribution in [0.3, 0.4) is 0 Å². The molecule has 1 unspecified atom stereocenters. The van der Waals surface area contributed by atoms with E-state index in [9.17, 15) is 4.79 Å². The third-order valence-corrected chi connectivity index (χ3v) is 1.42. The van der Waals surface area contributed by atoms with Crippen LogP contribution in [0.4, 0.5) is 0 Å². The molecule has 0 amide bonds. The highest BCUT2D eigenvalue weighted by Gasteiger charge is 2.39. The summed E-state index contributed by atoms with van der Waals surface area (Å²) in [4.78, 5) is 11.0. The van der Waals surface area contributed by atoms with Crippen LogP contribution in [0.15, 0.2) is 12.7 Å². The van der Waals surface area contributed by atoms with Crippen molar-refractivity contribution in [1.82, 2.24) is 0 Å². The van der Waals surface area contributed by atoms with E-state index in [1.165, 1.54) is 0 Å². The molecule has 0 aromatic carbocycles. The molecule has 0 spiro atoms. The average Bonchev–Trinajstić information content (AvgIpc) is 2.07. The lowest BCUT2D eigenvalue weighted by molar-refractivity contribution is -0.160. The average molecular weight is 156 g/mol. The predicted molar refractivity (Wildman–Crippen MR) is 39.9 cm³/mol. The van der Waals surface area contributed by atoms with Gasteiger partial charge in [-0.25, -0.2) is 4.79 Å². The summed E-state index contributed by atoms with van der Waals surface area (Å²) in [5.41, 5.74) is 0. The van der Waals surface area contributed by atoms with Crippen LogP contribution in [-0.4, -0.2) is 17.9 Å². The minimum absolute atomic E-state index is 0.296. The Morgan fingerprint density at radius 2 is 2.36 bits per heavy atom. The smallest absolute Gasteiger partial charge is 0.338 e. The highest BCUT2D eigenvalue weighted by atomic mass is 16.8. The highest BCUT2D eigenvalue weighted by Crippen LogP contribution is 2.25. The van der Waals surface area contributed by atoms with Crippen molar-refractivity contribution in [1.29, 1.82) is 0 Å². The van der Waals surface area contributed by atoms with Crippen LogP contribution < -0.4 is 0 Å². The first-order valence-electron chi connectivity index (χ1n) is 3.57. The molecule has 3 nitrogen and oxygen atoms in total. The summed E-state index contributed by atoms with van der Waals surface area (Å²) < 4.78 is 10.2. The molecule has 0 N–H and O–H groups in total. The summed E-state index contributed by atoms with van der Waals surface area (Å²) in [6.45, 7) is 6.95. The van der Waals surface area contributed by atoms with Crippen LogP contribution in [0.2, 0.25) is 0 Å². The second-order valence-electron chi connectivity index (χ2n) is 2.95. The fraction of sp³-hybridized carbons (Fsp3) is 0.625. The van der Waals surface area contributed by atoms with Crippen LogP contribution in [0.25, 0.3) is 0 Å². The molecule has 1 fully saturated rings. The van der Waals surface area contributed by atoms with Gasteiger partial charge in [0.05, 0.1) is 0 Å². The summed E-state index contributed by atoms with van der Waals surface area (Å²) in [6, 6.07) is 0. The zero-order valence-electron chi connectivity index (χ0n) is 6.79. The van der Waals surface area contributed by atoms with E-state index in [0.29, 0.717) is 6.42 Å². The number of hydrogen-bond acceptors (Lipinski definition) is 3. The maximum atomic E-state index is 11.0. The lowest BCUT2D eigenvalue weighted by atomic mass is 10.2. The first-order valence-corrected chi connectivity index (χ1v) is 3.57. The standard InChI is InChI=1S/C8H12O3/c1-4-5-6-7(9)11-8(2,3)10-6/h4,6H,1,5H2,2-3H3. The van der Waals surface area contributed by atoms with E-state index in [4.69, 9.17) is 9.47 Å². The number of carbonyl (C=O) groups is 1. The van der Waals surface area contributed by atoms with E-state index < -0.39 is 11.9 Å². The van der Waals surface area contributed by atoms with Gasteiger partial charge in [-0.2, -0.15) is 0 Å². The maximum absolute atomic E-state index is 11.0. The van der Waals surface area contributed by atoms with Gasteiger partial charge in [0.1, 0.15) is 0 Å². The van der Waals surface area contributed by atoms with E-state index >= 15 is 0 Å². The first kappa shape index (κ1) is 8.27. The molecule has 1 aliphatic heterocycles. The van der Waals surface area contributed by atoms with Gasteiger partial charge in [-0.3, -0.25) is 0 Å². The number of rotatable bonds is 2. The molecule has 3 heteroatoms. The monoisotopic (exact) mass is 156 g/mol. The molecule has 0 aromatic heterocycles. The van der Waals surface area contributed by atoms with E-state index in [1.807, 2.05) is 0 Å². The molecular formula is C8H12O3. The molecule has 1 rings (SSSR count). The largest absolute Gasteiger partial charge is 0.432 e. The van der Waals surface area contributed by atoms with Crippen LogP contribution in [0.1, 0.15) is 20.3 Å². The fourth-order valence-electron chi connectivity index (χ4n) is 1.02. The summed E-state index contributed by atoms with van der Waals surface area (Å²) >= 11 is 0. The zero-order chi connectivity index (χ0) is 8.48. The molecule has 0 radical (unpaired) electrons. The number of hydrogen-bond donors (Lipinski definition) is 0. The van der Waals surface area contributed by atoms with Crippen molar-refractivity contribution >= 4 is 5.97 Å². The van der Waals surface area contributed by atoms with Gasteiger partial charge >= 0.3 is 5.97 Å². The van der Waals surface area contributed by atoms with Gasteiger partial charge < -0.3 is 9.47 Å². The topological polar surface area (TPSA) is 35.5 Å². The Kier molecular flexibility index (Phi) is 2.00. The van der Waals surface area contributed by atoms with E-state index in [-0.39, 0.29) is 5.97 Å². The summed E-state index contributed by atoms with van der Waals surface area (Å²) in [5.74, 6) is -1.06. The lowest BCUT2D eigenvalue weighted by Crippen LogP contribution is -2.21. The third-order valence-electron chi connectivity index (χ3n) is 1.42. The molecule has 0 aromatic rings. The second-order valence-corrected chi connectivity index (χ2v) is 2.95. The van der Waals surface area contributed by atoms with Crippen LogP contribution in [0.5, 0.6) is 0 Å². The third kappa shape index (κ3) is 1.80. The summed E-state index contributed by atoms with van der Waals surface area (Å²) in [7, 11) is 0. The van der Waals surface area contributed by atoms with E-state index in [1.54, 1.807) is 19.9 Å². The molecule has 1 saturated heterocycles. The van der Waals surface area contributed by atoms with Crippen LogP contribution >= 0.6 is 0 Å². The molecule has 1 aliphatic rings. The Labute approximate surface area is 66.0 Å². The number of ether oxygens (including phenoxy) is 2. The Morgan fingerprint density at radius 1 is 1.73 bits per heavy atom. The van der Waals surface area contributed by atoms with Crippen molar-refractivity contribution in [3.8, 4) is 0 Å². The SMILES string of the molecule is C=CCC1OC(C)(C)OC1=O. The molecule has 0 saturated carbocycles. The normalized spacial score (nSPS) is 28.2. The molecule has 1 atom stereocenters. The second kappa shape index (κ2) is 2.66. The molecule has 1 heterocycles. The van der Waals surface area contributed by atoms with Crippen LogP contribution in [-0.2, 0) is 14.3 Å². The van der Waals surface area contributed by atoms with Gasteiger partial charge in [-0.15, -0.1) is 6.58 Å². The van der Waals surface area contributed by atoms with Crippen molar-refractivity contribution in [2.24, 2.45) is 0 Å². The number of carbonyl (C=O) groups excluding carboxylic acids is 1.